The third-order valence-corrected chi connectivity index (χ3v) is 4.93. The first-order valence-corrected chi connectivity index (χ1v) is 7.68. The smallest absolute Gasteiger partial charge is 0.331 e. The summed E-state index contributed by atoms with van der Waals surface area (Å²) in [5.74, 6) is -1.02. The summed E-state index contributed by atoms with van der Waals surface area (Å²) < 4.78 is 5.65. The number of aliphatic carboxylic acids is 1. The fourth-order valence-corrected chi connectivity index (χ4v) is 2.70. The summed E-state index contributed by atoms with van der Waals surface area (Å²) in [7, 11) is 0. The average Bonchev–Trinajstić information content (AvgIpc) is 2.45. The van der Waals surface area contributed by atoms with Gasteiger partial charge in [-0.15, -0.1) is 0 Å². The molecule has 3 nitrogen and oxygen atoms in total. The SMILES string of the molecule is C=C(CC(CC)Oc1c(Cl)c(Cl)c(Cl)c(Cl)c1Cl)C(=O)O. The Morgan fingerprint density at radius 2 is 1.52 bits per heavy atom. The number of hydrogen-bond donors (Lipinski definition) is 1. The molecule has 0 bridgehead atoms. The molecule has 1 unspecified atom stereocenters. The van der Waals surface area contributed by atoms with Crippen molar-refractivity contribution in [1.29, 1.82) is 0 Å². The van der Waals surface area contributed by atoms with E-state index in [0.29, 0.717) is 6.42 Å². The molecule has 1 rings (SSSR count). The van der Waals surface area contributed by atoms with Gasteiger partial charge in [-0.1, -0.05) is 71.5 Å². The van der Waals surface area contributed by atoms with E-state index < -0.39 is 12.1 Å². The van der Waals surface area contributed by atoms with Crippen molar-refractivity contribution in [2.24, 2.45) is 0 Å². The first-order chi connectivity index (χ1) is 9.70. The molecule has 1 N–H and O–H groups in total. The maximum atomic E-state index is 10.8. The molecule has 116 valence electrons. The van der Waals surface area contributed by atoms with Gasteiger partial charge in [-0.25, -0.2) is 4.79 Å². The Labute approximate surface area is 147 Å². The number of ether oxygens (including phenoxy) is 1. The van der Waals surface area contributed by atoms with E-state index in [1.165, 1.54) is 0 Å². The first-order valence-electron chi connectivity index (χ1n) is 5.79. The second-order valence-electron chi connectivity index (χ2n) is 4.16. The summed E-state index contributed by atoms with van der Waals surface area (Å²) in [4.78, 5) is 10.8. The Morgan fingerprint density at radius 3 is 1.90 bits per heavy atom. The van der Waals surface area contributed by atoms with Gasteiger partial charge in [0.05, 0.1) is 15.1 Å². The summed E-state index contributed by atoms with van der Waals surface area (Å²) in [6.07, 6.45) is 0.129. The largest absolute Gasteiger partial charge is 0.487 e. The van der Waals surface area contributed by atoms with Gasteiger partial charge in [0.2, 0.25) is 0 Å². The third kappa shape index (κ3) is 4.33. The maximum absolute atomic E-state index is 10.8. The number of rotatable bonds is 6. The van der Waals surface area contributed by atoms with Gasteiger partial charge in [0.15, 0.2) is 5.75 Å². The zero-order valence-electron chi connectivity index (χ0n) is 10.9. The molecule has 0 heterocycles. The molecule has 0 aliphatic heterocycles. The molecule has 0 radical (unpaired) electrons. The minimum Gasteiger partial charge on any atom is -0.487 e. The molecule has 0 saturated carbocycles. The van der Waals surface area contributed by atoms with Crippen LogP contribution in [0.15, 0.2) is 12.2 Å². The van der Waals surface area contributed by atoms with Crippen LogP contribution in [0.3, 0.4) is 0 Å². The summed E-state index contributed by atoms with van der Waals surface area (Å²) in [5, 5.41) is 8.98. The molecular formula is C13H11Cl5O3. The van der Waals surface area contributed by atoms with Crippen molar-refractivity contribution in [2.45, 2.75) is 25.9 Å². The quantitative estimate of drug-likeness (QED) is 0.359. The number of carboxylic acids is 1. The highest BCUT2D eigenvalue weighted by Gasteiger charge is 2.23. The van der Waals surface area contributed by atoms with Crippen molar-refractivity contribution in [3.8, 4) is 5.75 Å². The highest BCUT2D eigenvalue weighted by atomic mass is 35.5. The lowest BCUT2D eigenvalue weighted by atomic mass is 10.1. The van der Waals surface area contributed by atoms with E-state index in [0.717, 1.165) is 0 Å². The molecule has 0 saturated heterocycles. The van der Waals surface area contributed by atoms with E-state index in [2.05, 4.69) is 6.58 Å². The fraction of sp³-hybridized carbons (Fsp3) is 0.308. The van der Waals surface area contributed by atoms with Crippen LogP contribution in [-0.4, -0.2) is 17.2 Å². The number of hydrogen-bond acceptors (Lipinski definition) is 2. The van der Waals surface area contributed by atoms with Gasteiger partial charge >= 0.3 is 5.97 Å². The average molecular weight is 392 g/mol. The number of halogens is 5. The predicted molar refractivity (Wildman–Crippen MR) is 87.6 cm³/mol. The zero-order valence-corrected chi connectivity index (χ0v) is 14.6. The standard InChI is InChI=1S/C13H11Cl5O3/c1-3-6(4-5(2)13(19)20)21-12-10(17)8(15)7(14)9(16)11(12)18/h6H,2-4H2,1H3,(H,19,20). The normalized spacial score (nSPS) is 12.1. The molecule has 1 atom stereocenters. The zero-order chi connectivity index (χ0) is 16.3. The van der Waals surface area contributed by atoms with Gasteiger partial charge in [-0.05, 0) is 6.42 Å². The van der Waals surface area contributed by atoms with E-state index in [1.807, 2.05) is 6.92 Å². The van der Waals surface area contributed by atoms with Crippen molar-refractivity contribution < 1.29 is 14.6 Å². The fourth-order valence-electron chi connectivity index (χ4n) is 1.49. The number of benzene rings is 1. The molecule has 0 amide bonds. The molecule has 1 aromatic rings. The molecule has 0 aliphatic rings. The predicted octanol–water partition coefficient (Wildman–Crippen LogP) is 6.14. The van der Waals surface area contributed by atoms with Crippen molar-refractivity contribution >= 4 is 64.0 Å². The van der Waals surface area contributed by atoms with Crippen LogP contribution >= 0.6 is 58.0 Å². The van der Waals surface area contributed by atoms with Gasteiger partial charge in [0.25, 0.3) is 0 Å². The van der Waals surface area contributed by atoms with Crippen LogP contribution in [0.25, 0.3) is 0 Å². The van der Waals surface area contributed by atoms with E-state index in [-0.39, 0.29) is 42.9 Å². The minimum absolute atomic E-state index is 0.0141. The highest BCUT2D eigenvalue weighted by Crippen LogP contribution is 2.48. The van der Waals surface area contributed by atoms with E-state index in [9.17, 15) is 4.79 Å². The Hall–Kier alpha value is -0.320. The van der Waals surface area contributed by atoms with Gasteiger partial charge in [0, 0.05) is 12.0 Å². The monoisotopic (exact) mass is 390 g/mol. The van der Waals surface area contributed by atoms with Crippen molar-refractivity contribution in [3.63, 3.8) is 0 Å². The van der Waals surface area contributed by atoms with Gasteiger partial charge in [-0.2, -0.15) is 0 Å². The van der Waals surface area contributed by atoms with Crippen LogP contribution in [0, 0.1) is 0 Å². The van der Waals surface area contributed by atoms with Gasteiger partial charge in [0.1, 0.15) is 16.1 Å². The lowest BCUT2D eigenvalue weighted by Crippen LogP contribution is -2.19. The first kappa shape index (κ1) is 18.7. The Bertz CT molecular complexity index is 557. The second-order valence-corrected chi connectivity index (χ2v) is 6.05. The molecular weight excluding hydrogens is 381 g/mol. The van der Waals surface area contributed by atoms with Crippen LogP contribution in [0.2, 0.25) is 25.1 Å². The molecule has 21 heavy (non-hydrogen) atoms. The molecule has 0 aliphatic carbocycles. The highest BCUT2D eigenvalue weighted by molar-refractivity contribution is 6.55. The van der Waals surface area contributed by atoms with Crippen LogP contribution in [0.5, 0.6) is 5.75 Å². The van der Waals surface area contributed by atoms with Crippen LogP contribution in [-0.2, 0) is 4.79 Å². The minimum atomic E-state index is -1.10. The summed E-state index contributed by atoms with van der Waals surface area (Å²) in [6, 6.07) is 0. The van der Waals surface area contributed by atoms with Crippen molar-refractivity contribution in [1.82, 2.24) is 0 Å². The molecule has 0 aromatic heterocycles. The second kappa shape index (κ2) is 7.80. The van der Waals surface area contributed by atoms with Crippen molar-refractivity contribution in [2.75, 3.05) is 0 Å². The summed E-state index contributed by atoms with van der Waals surface area (Å²) in [5.41, 5.74) is 0.0141. The molecule has 1 aromatic carbocycles. The molecule has 8 heteroatoms. The number of carbonyl (C=O) groups is 1. The van der Waals surface area contributed by atoms with E-state index in [4.69, 9.17) is 67.8 Å². The summed E-state index contributed by atoms with van der Waals surface area (Å²) >= 11 is 29.9. The lowest BCUT2D eigenvalue weighted by Gasteiger charge is -2.20. The molecule has 0 spiro atoms. The number of carboxylic acid groups (broad SMARTS) is 1. The Balaban J connectivity index is 3.11. The van der Waals surface area contributed by atoms with Gasteiger partial charge < -0.3 is 9.84 Å². The van der Waals surface area contributed by atoms with E-state index in [1.54, 1.807) is 0 Å². The van der Waals surface area contributed by atoms with E-state index >= 15 is 0 Å². The van der Waals surface area contributed by atoms with Crippen LogP contribution < -0.4 is 4.74 Å². The van der Waals surface area contributed by atoms with Crippen molar-refractivity contribution in [3.05, 3.63) is 37.3 Å². The maximum Gasteiger partial charge on any atom is 0.331 e. The lowest BCUT2D eigenvalue weighted by molar-refractivity contribution is -0.133. The Morgan fingerprint density at radius 1 is 1.10 bits per heavy atom. The topological polar surface area (TPSA) is 46.5 Å². The van der Waals surface area contributed by atoms with Crippen LogP contribution in [0.4, 0.5) is 0 Å². The summed E-state index contributed by atoms with van der Waals surface area (Å²) in [6.45, 7) is 5.28. The van der Waals surface area contributed by atoms with Gasteiger partial charge in [-0.3, -0.25) is 0 Å². The third-order valence-electron chi connectivity index (χ3n) is 2.69. The van der Waals surface area contributed by atoms with Crippen LogP contribution in [0.1, 0.15) is 19.8 Å². The molecule has 0 fully saturated rings. The Kier molecular flexibility index (Phi) is 6.95.